The van der Waals surface area contributed by atoms with Gasteiger partial charge in [-0.1, -0.05) is 0 Å². The molecule has 4 heteroatoms. The second kappa shape index (κ2) is 3.38. The maximum absolute atomic E-state index is 11.5. The summed E-state index contributed by atoms with van der Waals surface area (Å²) in [6.45, 7) is 0. The Labute approximate surface area is 80.9 Å². The fraction of sp³-hybridized carbons (Fsp3) is 0.444. The molecular weight excluding hydrogens is 184 g/mol. The topological polar surface area (TPSA) is 55.1 Å². The molecule has 1 aromatic rings. The molecule has 1 aliphatic rings. The van der Waals surface area contributed by atoms with Crippen molar-refractivity contribution < 1.29 is 4.79 Å². The third-order valence-corrected chi connectivity index (χ3v) is 3.27. The number of hydrogen-bond donors (Lipinski definition) is 2. The van der Waals surface area contributed by atoms with Crippen molar-refractivity contribution in [2.24, 2.45) is 0 Å². The van der Waals surface area contributed by atoms with Gasteiger partial charge in [0.1, 0.15) is 4.88 Å². The Morgan fingerprint density at radius 2 is 2.38 bits per heavy atom. The smallest absolute Gasteiger partial charge is 0.263 e. The van der Waals surface area contributed by atoms with Crippen molar-refractivity contribution in [2.75, 3.05) is 5.73 Å². The molecule has 1 amide bonds. The molecule has 1 saturated carbocycles. The minimum Gasteiger partial charge on any atom is -0.397 e. The molecule has 1 heterocycles. The van der Waals surface area contributed by atoms with Crippen LogP contribution in [-0.4, -0.2) is 11.9 Å². The van der Waals surface area contributed by atoms with Crippen molar-refractivity contribution in [1.29, 1.82) is 0 Å². The van der Waals surface area contributed by atoms with Crippen LogP contribution in [0.15, 0.2) is 11.4 Å². The summed E-state index contributed by atoms with van der Waals surface area (Å²) in [6.07, 6.45) is 3.44. The number of anilines is 1. The van der Waals surface area contributed by atoms with Gasteiger partial charge in [-0.05, 0) is 30.7 Å². The average Bonchev–Trinajstić information content (AvgIpc) is 2.43. The van der Waals surface area contributed by atoms with Gasteiger partial charge in [0, 0.05) is 6.04 Å². The molecule has 0 radical (unpaired) electrons. The predicted octanol–water partition coefficient (Wildman–Crippen LogP) is 1.61. The van der Waals surface area contributed by atoms with Gasteiger partial charge in [-0.2, -0.15) is 0 Å². The Balaban J connectivity index is 2.00. The Morgan fingerprint density at radius 3 is 2.85 bits per heavy atom. The van der Waals surface area contributed by atoms with E-state index < -0.39 is 0 Å². The fourth-order valence-corrected chi connectivity index (χ4v) is 2.03. The number of hydrogen-bond acceptors (Lipinski definition) is 3. The van der Waals surface area contributed by atoms with E-state index in [1.165, 1.54) is 17.8 Å². The second-order valence-corrected chi connectivity index (χ2v) is 4.22. The summed E-state index contributed by atoms with van der Waals surface area (Å²) in [5.41, 5.74) is 6.21. The van der Waals surface area contributed by atoms with Gasteiger partial charge in [-0.25, -0.2) is 0 Å². The molecule has 2 rings (SSSR count). The standard InChI is InChI=1S/C9H12N2OS/c10-7-4-5-13-8(7)9(12)11-6-2-1-3-6/h4-6H,1-3,10H2,(H,11,12). The number of nitrogens with one attached hydrogen (secondary N) is 1. The zero-order valence-corrected chi connectivity index (χ0v) is 8.06. The number of amides is 1. The fourth-order valence-electron chi connectivity index (χ4n) is 1.31. The molecule has 70 valence electrons. The van der Waals surface area contributed by atoms with Crippen LogP contribution >= 0.6 is 11.3 Å². The molecule has 1 fully saturated rings. The highest BCUT2D eigenvalue weighted by molar-refractivity contribution is 7.12. The van der Waals surface area contributed by atoms with Gasteiger partial charge in [0.05, 0.1) is 5.69 Å². The Bertz CT molecular complexity index is 317. The van der Waals surface area contributed by atoms with Gasteiger partial charge in [0.2, 0.25) is 0 Å². The van der Waals surface area contributed by atoms with E-state index in [4.69, 9.17) is 5.73 Å². The number of nitrogen functional groups attached to an aromatic ring is 1. The zero-order valence-electron chi connectivity index (χ0n) is 7.25. The molecular formula is C9H12N2OS. The molecule has 1 aliphatic carbocycles. The lowest BCUT2D eigenvalue weighted by atomic mass is 9.93. The van der Waals surface area contributed by atoms with E-state index in [9.17, 15) is 4.79 Å². The van der Waals surface area contributed by atoms with E-state index in [0.29, 0.717) is 16.6 Å². The second-order valence-electron chi connectivity index (χ2n) is 3.31. The van der Waals surface area contributed by atoms with E-state index in [-0.39, 0.29) is 5.91 Å². The van der Waals surface area contributed by atoms with Crippen LogP contribution in [0.5, 0.6) is 0 Å². The van der Waals surface area contributed by atoms with Crippen molar-refractivity contribution in [3.8, 4) is 0 Å². The van der Waals surface area contributed by atoms with Gasteiger partial charge >= 0.3 is 0 Å². The molecule has 13 heavy (non-hydrogen) atoms. The summed E-state index contributed by atoms with van der Waals surface area (Å²) in [6, 6.07) is 2.15. The van der Waals surface area contributed by atoms with E-state index in [1.54, 1.807) is 6.07 Å². The highest BCUT2D eigenvalue weighted by Crippen LogP contribution is 2.22. The van der Waals surface area contributed by atoms with Gasteiger partial charge in [-0.3, -0.25) is 4.79 Å². The molecule has 0 bridgehead atoms. The molecule has 0 unspecified atom stereocenters. The monoisotopic (exact) mass is 196 g/mol. The summed E-state index contributed by atoms with van der Waals surface area (Å²) < 4.78 is 0. The van der Waals surface area contributed by atoms with Gasteiger partial charge in [0.15, 0.2) is 0 Å². The average molecular weight is 196 g/mol. The van der Waals surface area contributed by atoms with Crippen LogP contribution in [0.25, 0.3) is 0 Å². The Hall–Kier alpha value is -1.03. The van der Waals surface area contributed by atoms with E-state index in [0.717, 1.165) is 12.8 Å². The minimum atomic E-state index is -0.0165. The van der Waals surface area contributed by atoms with Crippen LogP contribution in [0.2, 0.25) is 0 Å². The molecule has 0 aromatic carbocycles. The van der Waals surface area contributed by atoms with Crippen molar-refractivity contribution in [2.45, 2.75) is 25.3 Å². The quantitative estimate of drug-likeness (QED) is 0.755. The number of nitrogens with two attached hydrogens (primary N) is 1. The SMILES string of the molecule is Nc1ccsc1C(=O)NC1CCC1. The summed E-state index contributed by atoms with van der Waals surface area (Å²) in [5, 5.41) is 4.79. The summed E-state index contributed by atoms with van der Waals surface area (Å²) in [4.78, 5) is 12.2. The molecule has 1 aromatic heterocycles. The first-order chi connectivity index (χ1) is 6.27. The van der Waals surface area contributed by atoms with Crippen molar-refractivity contribution >= 4 is 22.9 Å². The summed E-state index contributed by atoms with van der Waals surface area (Å²) in [5.74, 6) is -0.0165. The molecule has 0 spiro atoms. The Kier molecular flexibility index (Phi) is 2.22. The first kappa shape index (κ1) is 8.56. The number of carbonyl (C=O) groups excluding carboxylic acids is 1. The van der Waals surface area contributed by atoms with E-state index in [1.807, 2.05) is 5.38 Å². The number of carbonyl (C=O) groups is 1. The highest BCUT2D eigenvalue weighted by atomic mass is 32.1. The number of rotatable bonds is 2. The molecule has 0 atom stereocenters. The minimum absolute atomic E-state index is 0.0165. The maximum atomic E-state index is 11.5. The largest absolute Gasteiger partial charge is 0.397 e. The maximum Gasteiger partial charge on any atom is 0.263 e. The molecule has 0 saturated heterocycles. The number of thiophene rings is 1. The summed E-state index contributed by atoms with van der Waals surface area (Å²) in [7, 11) is 0. The third-order valence-electron chi connectivity index (χ3n) is 2.34. The van der Waals surface area contributed by atoms with Crippen LogP contribution in [0, 0.1) is 0 Å². The molecule has 0 aliphatic heterocycles. The Morgan fingerprint density at radius 1 is 1.62 bits per heavy atom. The summed E-state index contributed by atoms with van der Waals surface area (Å²) >= 11 is 1.40. The predicted molar refractivity (Wildman–Crippen MR) is 53.8 cm³/mol. The lowest BCUT2D eigenvalue weighted by molar-refractivity contribution is 0.0922. The molecule has 3 N–H and O–H groups in total. The van der Waals surface area contributed by atoms with Crippen molar-refractivity contribution in [3.05, 3.63) is 16.3 Å². The van der Waals surface area contributed by atoms with Gasteiger partial charge in [-0.15, -0.1) is 11.3 Å². The van der Waals surface area contributed by atoms with Gasteiger partial charge in [0.25, 0.3) is 5.91 Å². The molecule has 3 nitrogen and oxygen atoms in total. The van der Waals surface area contributed by atoms with Crippen molar-refractivity contribution in [1.82, 2.24) is 5.32 Å². The highest BCUT2D eigenvalue weighted by Gasteiger charge is 2.21. The van der Waals surface area contributed by atoms with E-state index in [2.05, 4.69) is 5.32 Å². The first-order valence-electron chi connectivity index (χ1n) is 4.41. The lowest BCUT2D eigenvalue weighted by Crippen LogP contribution is -2.39. The van der Waals surface area contributed by atoms with Crippen molar-refractivity contribution in [3.63, 3.8) is 0 Å². The van der Waals surface area contributed by atoms with E-state index >= 15 is 0 Å². The van der Waals surface area contributed by atoms with Crippen LogP contribution in [-0.2, 0) is 0 Å². The van der Waals surface area contributed by atoms with Crippen LogP contribution < -0.4 is 11.1 Å². The third kappa shape index (κ3) is 1.67. The normalized spacial score (nSPS) is 16.6. The zero-order chi connectivity index (χ0) is 9.26. The van der Waals surface area contributed by atoms with Gasteiger partial charge < -0.3 is 11.1 Å². The van der Waals surface area contributed by atoms with Crippen LogP contribution in [0.3, 0.4) is 0 Å². The van der Waals surface area contributed by atoms with Crippen LogP contribution in [0.4, 0.5) is 5.69 Å². The lowest BCUT2D eigenvalue weighted by Gasteiger charge is -2.26. The first-order valence-corrected chi connectivity index (χ1v) is 5.29. The van der Waals surface area contributed by atoms with Crippen LogP contribution in [0.1, 0.15) is 28.9 Å².